The summed E-state index contributed by atoms with van der Waals surface area (Å²) in [7, 11) is 0. The molecule has 0 aliphatic heterocycles. The molecule has 0 fully saturated rings. The Morgan fingerprint density at radius 2 is 2.14 bits per heavy atom. The molecule has 1 atom stereocenters. The maximum absolute atomic E-state index is 11.9. The number of halogens is 1. The number of amides is 2. The van der Waals surface area contributed by atoms with E-state index in [-0.39, 0.29) is 16.6 Å². The van der Waals surface area contributed by atoms with Crippen LogP contribution in [0.1, 0.15) is 26.7 Å². The van der Waals surface area contributed by atoms with Crippen molar-refractivity contribution in [3.8, 4) is 0 Å². The molecule has 0 aliphatic rings. The van der Waals surface area contributed by atoms with Gasteiger partial charge in [-0.25, -0.2) is 4.98 Å². The van der Waals surface area contributed by atoms with E-state index in [9.17, 15) is 9.59 Å². The number of hydrogen-bond donors (Lipinski definition) is 2. The van der Waals surface area contributed by atoms with Crippen LogP contribution in [0.25, 0.3) is 10.2 Å². The second kappa shape index (κ2) is 7.00. The molecule has 1 aromatic carbocycles. The van der Waals surface area contributed by atoms with Gasteiger partial charge in [0.15, 0.2) is 5.13 Å². The SMILES string of the molecule is CCC[C@@H](Br)C(=O)Nc1nc2ccc(NC(C)=O)cc2s1. The number of anilines is 2. The third kappa shape index (κ3) is 4.25. The number of hydrogen-bond acceptors (Lipinski definition) is 4. The van der Waals surface area contributed by atoms with E-state index in [1.807, 2.05) is 19.1 Å². The zero-order valence-corrected chi connectivity index (χ0v) is 14.2. The number of alkyl halides is 1. The van der Waals surface area contributed by atoms with Gasteiger partial charge < -0.3 is 10.6 Å². The summed E-state index contributed by atoms with van der Waals surface area (Å²) in [5.41, 5.74) is 1.52. The van der Waals surface area contributed by atoms with Crippen molar-refractivity contribution in [3.05, 3.63) is 18.2 Å². The van der Waals surface area contributed by atoms with Crippen LogP contribution in [0.3, 0.4) is 0 Å². The van der Waals surface area contributed by atoms with Crippen molar-refractivity contribution in [1.82, 2.24) is 4.98 Å². The van der Waals surface area contributed by atoms with Crippen molar-refractivity contribution in [2.45, 2.75) is 31.5 Å². The third-order valence-corrected chi connectivity index (χ3v) is 4.57. The molecule has 0 bridgehead atoms. The van der Waals surface area contributed by atoms with Crippen LogP contribution in [0, 0.1) is 0 Å². The first-order valence-corrected chi connectivity index (χ1v) is 8.36. The average molecular weight is 370 g/mol. The van der Waals surface area contributed by atoms with Gasteiger partial charge in [-0.15, -0.1) is 0 Å². The van der Waals surface area contributed by atoms with Gasteiger partial charge in [0.2, 0.25) is 11.8 Å². The summed E-state index contributed by atoms with van der Waals surface area (Å²) < 4.78 is 0.915. The summed E-state index contributed by atoms with van der Waals surface area (Å²) in [6.07, 6.45) is 1.71. The third-order valence-electron chi connectivity index (χ3n) is 2.77. The molecule has 21 heavy (non-hydrogen) atoms. The highest BCUT2D eigenvalue weighted by molar-refractivity contribution is 9.10. The lowest BCUT2D eigenvalue weighted by atomic mass is 10.2. The Bertz CT molecular complexity index is 671. The fourth-order valence-corrected chi connectivity index (χ4v) is 3.31. The molecule has 0 radical (unpaired) electrons. The number of fused-ring (bicyclic) bond motifs is 1. The Morgan fingerprint density at radius 1 is 1.38 bits per heavy atom. The first-order chi connectivity index (χ1) is 9.99. The number of nitrogens with zero attached hydrogens (tertiary/aromatic N) is 1. The van der Waals surface area contributed by atoms with Gasteiger partial charge >= 0.3 is 0 Å². The lowest BCUT2D eigenvalue weighted by Crippen LogP contribution is -2.22. The summed E-state index contributed by atoms with van der Waals surface area (Å²) in [5, 5.41) is 6.10. The van der Waals surface area contributed by atoms with E-state index in [2.05, 4.69) is 31.5 Å². The van der Waals surface area contributed by atoms with E-state index >= 15 is 0 Å². The molecule has 0 saturated heterocycles. The molecule has 1 heterocycles. The van der Waals surface area contributed by atoms with Gasteiger partial charge in [0, 0.05) is 12.6 Å². The monoisotopic (exact) mass is 369 g/mol. The molecule has 1 aromatic heterocycles. The molecule has 112 valence electrons. The maximum atomic E-state index is 11.9. The highest BCUT2D eigenvalue weighted by Gasteiger charge is 2.15. The fraction of sp³-hybridized carbons (Fsp3) is 0.357. The molecular weight excluding hydrogens is 354 g/mol. The van der Waals surface area contributed by atoms with Crippen LogP contribution in [0.2, 0.25) is 0 Å². The first-order valence-electron chi connectivity index (χ1n) is 6.62. The standard InChI is InChI=1S/C14H16BrN3O2S/c1-3-4-10(15)13(20)18-14-17-11-6-5-9(16-8(2)19)7-12(11)21-14/h5-7,10H,3-4H2,1-2H3,(H,16,19)(H,17,18,20)/t10-/m1/s1. The van der Waals surface area contributed by atoms with Crippen molar-refractivity contribution in [3.63, 3.8) is 0 Å². The zero-order chi connectivity index (χ0) is 15.4. The minimum atomic E-state index is -0.204. The minimum absolute atomic E-state index is 0.0852. The van der Waals surface area contributed by atoms with E-state index < -0.39 is 0 Å². The zero-order valence-electron chi connectivity index (χ0n) is 11.8. The molecule has 2 N–H and O–H groups in total. The van der Waals surface area contributed by atoms with E-state index in [1.165, 1.54) is 18.3 Å². The molecule has 0 aliphatic carbocycles. The number of benzene rings is 1. The number of rotatable bonds is 5. The van der Waals surface area contributed by atoms with E-state index in [1.54, 1.807) is 6.07 Å². The highest BCUT2D eigenvalue weighted by Crippen LogP contribution is 2.28. The largest absolute Gasteiger partial charge is 0.326 e. The van der Waals surface area contributed by atoms with Gasteiger partial charge in [-0.1, -0.05) is 40.6 Å². The van der Waals surface area contributed by atoms with Gasteiger partial charge in [-0.3, -0.25) is 9.59 Å². The van der Waals surface area contributed by atoms with Crippen LogP contribution < -0.4 is 10.6 Å². The Balaban J connectivity index is 2.15. The van der Waals surface area contributed by atoms with E-state index in [4.69, 9.17) is 0 Å². The van der Waals surface area contributed by atoms with E-state index in [0.717, 1.165) is 28.7 Å². The number of carbonyl (C=O) groups is 2. The summed E-state index contributed by atoms with van der Waals surface area (Å²) in [4.78, 5) is 27.2. The summed E-state index contributed by atoms with van der Waals surface area (Å²) in [5.74, 6) is -0.202. The summed E-state index contributed by atoms with van der Waals surface area (Å²) in [6, 6.07) is 5.46. The Morgan fingerprint density at radius 3 is 2.81 bits per heavy atom. The molecular formula is C14H16BrN3O2S. The van der Waals surface area contributed by atoms with Crippen molar-refractivity contribution >= 4 is 60.1 Å². The lowest BCUT2D eigenvalue weighted by Gasteiger charge is -2.06. The average Bonchev–Trinajstić information content (AvgIpc) is 2.79. The van der Waals surface area contributed by atoms with Crippen molar-refractivity contribution < 1.29 is 9.59 Å². The first kappa shape index (κ1) is 15.9. The summed E-state index contributed by atoms with van der Waals surface area (Å²) >= 11 is 4.75. The number of nitrogens with one attached hydrogen (secondary N) is 2. The normalized spacial score (nSPS) is 12.1. The molecule has 5 nitrogen and oxygen atoms in total. The lowest BCUT2D eigenvalue weighted by molar-refractivity contribution is -0.116. The summed E-state index contributed by atoms with van der Waals surface area (Å²) in [6.45, 7) is 3.50. The van der Waals surface area contributed by atoms with Gasteiger partial charge in [0.25, 0.3) is 0 Å². The van der Waals surface area contributed by atoms with Gasteiger partial charge in [0.1, 0.15) is 0 Å². The fourth-order valence-electron chi connectivity index (χ4n) is 1.83. The molecule has 2 aromatic rings. The molecule has 0 saturated carbocycles. The van der Waals surface area contributed by atoms with Crippen molar-refractivity contribution in [2.24, 2.45) is 0 Å². The molecule has 2 rings (SSSR count). The number of carbonyl (C=O) groups excluding carboxylic acids is 2. The maximum Gasteiger partial charge on any atom is 0.239 e. The Hall–Kier alpha value is -1.47. The van der Waals surface area contributed by atoms with Crippen molar-refractivity contribution in [2.75, 3.05) is 10.6 Å². The number of thiazole rings is 1. The van der Waals surface area contributed by atoms with Crippen LogP contribution in [-0.4, -0.2) is 21.6 Å². The Kier molecular flexibility index (Phi) is 5.30. The van der Waals surface area contributed by atoms with Crippen LogP contribution in [0.5, 0.6) is 0 Å². The van der Waals surface area contributed by atoms with Crippen LogP contribution in [-0.2, 0) is 9.59 Å². The topological polar surface area (TPSA) is 71.1 Å². The van der Waals surface area contributed by atoms with Gasteiger partial charge in [-0.2, -0.15) is 0 Å². The van der Waals surface area contributed by atoms with Crippen LogP contribution in [0.15, 0.2) is 18.2 Å². The van der Waals surface area contributed by atoms with Crippen LogP contribution in [0.4, 0.5) is 10.8 Å². The second-order valence-electron chi connectivity index (χ2n) is 4.63. The van der Waals surface area contributed by atoms with Gasteiger partial charge in [0.05, 0.1) is 15.0 Å². The highest BCUT2D eigenvalue weighted by atomic mass is 79.9. The Labute approximate surface area is 135 Å². The van der Waals surface area contributed by atoms with E-state index in [0.29, 0.717) is 5.13 Å². The van der Waals surface area contributed by atoms with Crippen molar-refractivity contribution in [1.29, 1.82) is 0 Å². The predicted octanol–water partition coefficient (Wildman–Crippen LogP) is 3.76. The second-order valence-corrected chi connectivity index (χ2v) is 6.76. The molecule has 0 spiro atoms. The number of aromatic nitrogens is 1. The van der Waals surface area contributed by atoms with Gasteiger partial charge in [-0.05, 0) is 24.6 Å². The van der Waals surface area contributed by atoms with Crippen LogP contribution >= 0.6 is 27.3 Å². The minimum Gasteiger partial charge on any atom is -0.326 e. The molecule has 7 heteroatoms. The smallest absolute Gasteiger partial charge is 0.239 e. The molecule has 2 amide bonds. The predicted molar refractivity (Wildman–Crippen MR) is 90.2 cm³/mol. The molecule has 0 unspecified atom stereocenters. The quantitative estimate of drug-likeness (QED) is 0.788.